The minimum Gasteiger partial charge on any atom is -0.491 e. The molecule has 0 saturated carbocycles. The smallest absolute Gasteiger partial charge is 0.122 e. The first-order chi connectivity index (χ1) is 7.54. The highest BCUT2D eigenvalue weighted by molar-refractivity contribution is 5.40. The van der Waals surface area contributed by atoms with E-state index in [9.17, 15) is 5.11 Å². The molecule has 1 rings (SSSR count). The maximum atomic E-state index is 9.40. The number of aliphatic hydroxyl groups is 1. The quantitative estimate of drug-likeness (QED) is 0.740. The van der Waals surface area contributed by atoms with E-state index in [4.69, 9.17) is 10.6 Å². The van der Waals surface area contributed by atoms with Gasteiger partial charge in [-0.1, -0.05) is 6.07 Å². The number of aryl methyl sites for hydroxylation is 3. The lowest BCUT2D eigenvalue weighted by atomic mass is 10.1. The first-order valence-corrected chi connectivity index (χ1v) is 5.25. The molecule has 1 unspecified atom stereocenters. The fraction of sp³-hybridized carbons (Fsp3) is 0.500. The molecule has 0 spiro atoms. The van der Waals surface area contributed by atoms with Crippen LogP contribution in [0.15, 0.2) is 12.1 Å². The van der Waals surface area contributed by atoms with Crippen LogP contribution in [0.2, 0.25) is 0 Å². The zero-order chi connectivity index (χ0) is 12.1. The molecular formula is C12H19NO3. The number of nitrogens with two attached hydrogens (primary N) is 1. The minimum atomic E-state index is -0.703. The number of hydrogen-bond acceptors (Lipinski definition) is 4. The van der Waals surface area contributed by atoms with Crippen LogP contribution in [0.1, 0.15) is 16.7 Å². The molecule has 90 valence electrons. The summed E-state index contributed by atoms with van der Waals surface area (Å²) in [7, 11) is 0. The van der Waals surface area contributed by atoms with Crippen LogP contribution in [0, 0.1) is 20.8 Å². The van der Waals surface area contributed by atoms with Crippen LogP contribution < -0.4 is 10.6 Å². The Bertz CT molecular complexity index is 352. The van der Waals surface area contributed by atoms with Crippen molar-refractivity contribution in [3.63, 3.8) is 0 Å². The van der Waals surface area contributed by atoms with Crippen molar-refractivity contribution in [2.45, 2.75) is 26.9 Å². The van der Waals surface area contributed by atoms with Crippen LogP contribution in [0.3, 0.4) is 0 Å². The van der Waals surface area contributed by atoms with Crippen molar-refractivity contribution in [3.05, 3.63) is 28.8 Å². The summed E-state index contributed by atoms with van der Waals surface area (Å²) in [5.41, 5.74) is 3.46. The molecule has 1 atom stereocenters. The third kappa shape index (κ3) is 3.48. The predicted molar refractivity (Wildman–Crippen MR) is 62.3 cm³/mol. The molecule has 16 heavy (non-hydrogen) atoms. The third-order valence-corrected chi connectivity index (χ3v) is 2.51. The summed E-state index contributed by atoms with van der Waals surface area (Å²) in [4.78, 5) is 4.34. The van der Waals surface area contributed by atoms with E-state index in [1.54, 1.807) is 0 Å². The predicted octanol–water partition coefficient (Wildman–Crippen LogP) is 1.24. The maximum absolute atomic E-state index is 9.40. The molecule has 1 aromatic carbocycles. The maximum Gasteiger partial charge on any atom is 0.122 e. The minimum absolute atomic E-state index is 0.0733. The largest absolute Gasteiger partial charge is 0.491 e. The van der Waals surface area contributed by atoms with E-state index < -0.39 is 6.10 Å². The number of benzene rings is 1. The van der Waals surface area contributed by atoms with E-state index >= 15 is 0 Å². The summed E-state index contributed by atoms with van der Waals surface area (Å²) in [6.45, 7) is 6.32. The van der Waals surface area contributed by atoms with Gasteiger partial charge in [-0.25, -0.2) is 5.90 Å². The van der Waals surface area contributed by atoms with Crippen LogP contribution in [-0.2, 0) is 4.84 Å². The van der Waals surface area contributed by atoms with E-state index in [1.807, 2.05) is 19.9 Å². The Hall–Kier alpha value is -1.10. The fourth-order valence-electron chi connectivity index (χ4n) is 1.43. The molecule has 1 aromatic rings. The summed E-state index contributed by atoms with van der Waals surface area (Å²) in [5, 5.41) is 9.40. The van der Waals surface area contributed by atoms with Crippen molar-refractivity contribution in [1.82, 2.24) is 0 Å². The van der Waals surface area contributed by atoms with Gasteiger partial charge < -0.3 is 14.7 Å². The Morgan fingerprint density at radius 2 is 1.75 bits per heavy atom. The molecule has 4 heteroatoms. The van der Waals surface area contributed by atoms with E-state index in [2.05, 4.69) is 17.8 Å². The SMILES string of the molecule is Cc1cc(C)c(OCC(O)CON)cc1C. The summed E-state index contributed by atoms with van der Waals surface area (Å²) in [5.74, 6) is 5.65. The van der Waals surface area contributed by atoms with Crippen LogP contribution >= 0.6 is 0 Å². The number of aliphatic hydroxyl groups excluding tert-OH is 1. The normalized spacial score (nSPS) is 12.6. The highest BCUT2D eigenvalue weighted by atomic mass is 16.6. The Labute approximate surface area is 95.9 Å². The van der Waals surface area contributed by atoms with Gasteiger partial charge in [0.05, 0.1) is 6.61 Å². The second-order valence-electron chi connectivity index (χ2n) is 4.00. The summed E-state index contributed by atoms with van der Waals surface area (Å²) in [6, 6.07) is 4.04. The average Bonchev–Trinajstić information content (AvgIpc) is 2.22. The zero-order valence-electron chi connectivity index (χ0n) is 9.99. The first kappa shape index (κ1) is 13.0. The van der Waals surface area contributed by atoms with E-state index in [-0.39, 0.29) is 13.2 Å². The average molecular weight is 225 g/mol. The number of ether oxygens (including phenoxy) is 1. The van der Waals surface area contributed by atoms with E-state index in [1.165, 1.54) is 11.1 Å². The van der Waals surface area contributed by atoms with Crippen molar-refractivity contribution in [1.29, 1.82) is 0 Å². The first-order valence-electron chi connectivity index (χ1n) is 5.25. The lowest BCUT2D eigenvalue weighted by molar-refractivity contribution is 0.0115. The van der Waals surface area contributed by atoms with Gasteiger partial charge >= 0.3 is 0 Å². The van der Waals surface area contributed by atoms with Gasteiger partial charge in [0.2, 0.25) is 0 Å². The molecule has 0 aliphatic carbocycles. The fourth-order valence-corrected chi connectivity index (χ4v) is 1.43. The highest BCUT2D eigenvalue weighted by Gasteiger charge is 2.07. The van der Waals surface area contributed by atoms with Gasteiger partial charge in [0.15, 0.2) is 0 Å². The zero-order valence-corrected chi connectivity index (χ0v) is 9.99. The summed E-state index contributed by atoms with van der Waals surface area (Å²) in [6.07, 6.45) is -0.703. The van der Waals surface area contributed by atoms with Gasteiger partial charge in [-0.15, -0.1) is 0 Å². The molecule has 0 radical (unpaired) electrons. The summed E-state index contributed by atoms with van der Waals surface area (Å²) < 4.78 is 5.50. The molecule has 0 bridgehead atoms. The Morgan fingerprint density at radius 3 is 2.38 bits per heavy atom. The van der Waals surface area contributed by atoms with Crippen LogP contribution in [0.4, 0.5) is 0 Å². The molecule has 3 N–H and O–H groups in total. The molecule has 0 amide bonds. The molecule has 0 aliphatic heterocycles. The monoisotopic (exact) mass is 225 g/mol. The number of hydrogen-bond donors (Lipinski definition) is 2. The van der Waals surface area contributed by atoms with Crippen LogP contribution in [-0.4, -0.2) is 24.4 Å². The summed E-state index contributed by atoms with van der Waals surface area (Å²) >= 11 is 0. The van der Waals surface area contributed by atoms with Gasteiger partial charge in [0.1, 0.15) is 18.5 Å². The van der Waals surface area contributed by atoms with Crippen molar-refractivity contribution in [3.8, 4) is 5.75 Å². The molecule has 4 nitrogen and oxygen atoms in total. The van der Waals surface area contributed by atoms with Crippen molar-refractivity contribution in [2.75, 3.05) is 13.2 Å². The van der Waals surface area contributed by atoms with Gasteiger partial charge in [-0.3, -0.25) is 0 Å². The van der Waals surface area contributed by atoms with Gasteiger partial charge in [0.25, 0.3) is 0 Å². The molecule has 0 fully saturated rings. The van der Waals surface area contributed by atoms with Gasteiger partial charge in [-0.2, -0.15) is 0 Å². The Kier molecular flexibility index (Phi) is 4.73. The van der Waals surface area contributed by atoms with Gasteiger partial charge in [-0.05, 0) is 43.5 Å². The molecular weight excluding hydrogens is 206 g/mol. The van der Waals surface area contributed by atoms with Crippen LogP contribution in [0.5, 0.6) is 5.75 Å². The second-order valence-corrected chi connectivity index (χ2v) is 4.00. The van der Waals surface area contributed by atoms with Crippen molar-refractivity contribution in [2.24, 2.45) is 5.90 Å². The topological polar surface area (TPSA) is 64.7 Å². The molecule has 0 heterocycles. The highest BCUT2D eigenvalue weighted by Crippen LogP contribution is 2.22. The molecule has 0 aromatic heterocycles. The lowest BCUT2D eigenvalue weighted by Crippen LogP contribution is -2.25. The lowest BCUT2D eigenvalue weighted by Gasteiger charge is -2.14. The van der Waals surface area contributed by atoms with Gasteiger partial charge in [0, 0.05) is 0 Å². The number of rotatable bonds is 5. The Morgan fingerprint density at radius 1 is 1.12 bits per heavy atom. The van der Waals surface area contributed by atoms with Crippen molar-refractivity contribution >= 4 is 0 Å². The second kappa shape index (κ2) is 5.84. The Balaban J connectivity index is 2.63. The molecule has 0 saturated heterocycles. The van der Waals surface area contributed by atoms with E-state index in [0.717, 1.165) is 11.3 Å². The van der Waals surface area contributed by atoms with E-state index in [0.29, 0.717) is 0 Å². The third-order valence-electron chi connectivity index (χ3n) is 2.51. The molecule has 0 aliphatic rings. The van der Waals surface area contributed by atoms with Crippen LogP contribution in [0.25, 0.3) is 0 Å². The standard InChI is InChI=1S/C12H19NO3/c1-8-4-10(3)12(5-9(8)2)15-6-11(14)7-16-13/h4-5,11,14H,6-7,13H2,1-3H3. The van der Waals surface area contributed by atoms with Crippen molar-refractivity contribution < 1.29 is 14.7 Å².